The van der Waals surface area contributed by atoms with E-state index in [1.54, 1.807) is 18.2 Å². The van der Waals surface area contributed by atoms with Crippen molar-refractivity contribution >= 4 is 0 Å². The van der Waals surface area contributed by atoms with Crippen LogP contribution in [0.2, 0.25) is 0 Å². The van der Waals surface area contributed by atoms with Crippen LogP contribution in [0.5, 0.6) is 11.5 Å². The average molecular weight is 289 g/mol. The number of phenolic OH excluding ortho intramolecular Hbond substituents is 2. The van der Waals surface area contributed by atoms with Crippen LogP contribution in [0.3, 0.4) is 0 Å². The second-order valence-electron chi connectivity index (χ2n) is 5.36. The van der Waals surface area contributed by atoms with Gasteiger partial charge >= 0.3 is 0 Å². The summed E-state index contributed by atoms with van der Waals surface area (Å²) in [6, 6.07) is 11.0. The van der Waals surface area contributed by atoms with Gasteiger partial charge in [-0.05, 0) is 56.2 Å². The molecule has 0 heterocycles. The molecule has 0 aliphatic rings. The van der Waals surface area contributed by atoms with Gasteiger partial charge in [-0.1, -0.05) is 12.1 Å². The van der Waals surface area contributed by atoms with Crippen LogP contribution < -0.4 is 5.32 Å². The first-order valence-electron chi connectivity index (χ1n) is 6.98. The molecule has 0 bridgehead atoms. The van der Waals surface area contributed by atoms with Crippen molar-refractivity contribution in [2.75, 3.05) is 0 Å². The van der Waals surface area contributed by atoms with Crippen molar-refractivity contribution in [2.45, 2.75) is 32.4 Å². The van der Waals surface area contributed by atoms with Gasteiger partial charge in [0, 0.05) is 17.6 Å². The van der Waals surface area contributed by atoms with E-state index in [4.69, 9.17) is 0 Å². The molecule has 3 nitrogen and oxygen atoms in total. The molecule has 21 heavy (non-hydrogen) atoms. The van der Waals surface area contributed by atoms with Crippen molar-refractivity contribution < 1.29 is 14.6 Å². The molecule has 2 unspecified atom stereocenters. The Hall–Kier alpha value is -2.07. The predicted octanol–water partition coefficient (Wildman–Crippen LogP) is 3.52. The lowest BCUT2D eigenvalue weighted by Gasteiger charge is -2.21. The maximum Gasteiger partial charge on any atom is 0.123 e. The van der Waals surface area contributed by atoms with Crippen molar-refractivity contribution in [3.8, 4) is 11.5 Å². The largest absolute Gasteiger partial charge is 0.508 e. The number of rotatable bonds is 5. The first kappa shape index (κ1) is 15.3. The van der Waals surface area contributed by atoms with Crippen LogP contribution in [0, 0.1) is 5.82 Å². The molecule has 0 amide bonds. The highest BCUT2D eigenvalue weighted by Crippen LogP contribution is 2.28. The van der Waals surface area contributed by atoms with Gasteiger partial charge in [0.05, 0.1) is 0 Å². The zero-order valence-corrected chi connectivity index (χ0v) is 12.2. The molecule has 0 radical (unpaired) electrons. The van der Waals surface area contributed by atoms with E-state index in [1.807, 2.05) is 13.8 Å². The molecule has 0 saturated heterocycles. The van der Waals surface area contributed by atoms with Gasteiger partial charge in [-0.15, -0.1) is 0 Å². The summed E-state index contributed by atoms with van der Waals surface area (Å²) in [4.78, 5) is 0. The van der Waals surface area contributed by atoms with Gasteiger partial charge < -0.3 is 15.5 Å². The van der Waals surface area contributed by atoms with E-state index < -0.39 is 0 Å². The van der Waals surface area contributed by atoms with Crippen molar-refractivity contribution in [1.82, 2.24) is 5.32 Å². The summed E-state index contributed by atoms with van der Waals surface area (Å²) < 4.78 is 12.9. The monoisotopic (exact) mass is 289 g/mol. The van der Waals surface area contributed by atoms with Gasteiger partial charge in [0.15, 0.2) is 0 Å². The quantitative estimate of drug-likeness (QED) is 0.738. The van der Waals surface area contributed by atoms with Crippen molar-refractivity contribution in [3.05, 3.63) is 59.4 Å². The number of aromatic hydroxyl groups is 2. The van der Waals surface area contributed by atoms with Gasteiger partial charge in [-0.3, -0.25) is 0 Å². The Kier molecular flexibility index (Phi) is 4.81. The van der Waals surface area contributed by atoms with E-state index in [1.165, 1.54) is 24.3 Å². The zero-order valence-electron chi connectivity index (χ0n) is 12.2. The molecule has 2 aromatic carbocycles. The van der Waals surface area contributed by atoms with Crippen LogP contribution in [-0.2, 0) is 6.42 Å². The predicted molar refractivity (Wildman–Crippen MR) is 80.9 cm³/mol. The van der Waals surface area contributed by atoms with Crippen LogP contribution in [-0.4, -0.2) is 16.3 Å². The summed E-state index contributed by atoms with van der Waals surface area (Å²) in [5.74, 6) is 0.0434. The third-order valence-electron chi connectivity index (χ3n) is 3.47. The van der Waals surface area contributed by atoms with Gasteiger partial charge in [0.2, 0.25) is 0 Å². The molecule has 3 N–H and O–H groups in total. The number of benzene rings is 2. The SMILES string of the molecule is CC(Cc1ccc(F)cc1)NC(C)c1cc(O)ccc1O. The smallest absolute Gasteiger partial charge is 0.123 e. The molecule has 0 saturated carbocycles. The van der Waals surface area contributed by atoms with E-state index in [0.717, 1.165) is 12.0 Å². The molecule has 2 rings (SSSR count). The molecule has 0 spiro atoms. The topological polar surface area (TPSA) is 52.5 Å². The van der Waals surface area contributed by atoms with Crippen molar-refractivity contribution in [2.24, 2.45) is 0 Å². The fourth-order valence-corrected chi connectivity index (χ4v) is 2.44. The van der Waals surface area contributed by atoms with E-state index in [2.05, 4.69) is 5.32 Å². The van der Waals surface area contributed by atoms with Gasteiger partial charge in [-0.2, -0.15) is 0 Å². The number of halogens is 1. The Morgan fingerprint density at radius 2 is 1.71 bits per heavy atom. The summed E-state index contributed by atoms with van der Waals surface area (Å²) in [6.45, 7) is 3.95. The van der Waals surface area contributed by atoms with Crippen molar-refractivity contribution in [1.29, 1.82) is 0 Å². The normalized spacial score (nSPS) is 13.9. The van der Waals surface area contributed by atoms with Crippen molar-refractivity contribution in [3.63, 3.8) is 0 Å². The highest BCUT2D eigenvalue weighted by molar-refractivity contribution is 5.40. The molecular formula is C17H20FNO2. The molecule has 0 aliphatic carbocycles. The summed E-state index contributed by atoms with van der Waals surface area (Å²) in [5, 5.41) is 22.7. The minimum Gasteiger partial charge on any atom is -0.508 e. The summed E-state index contributed by atoms with van der Waals surface area (Å²) in [5.41, 5.74) is 1.70. The lowest BCUT2D eigenvalue weighted by atomic mass is 10.0. The minimum absolute atomic E-state index is 0.104. The highest BCUT2D eigenvalue weighted by atomic mass is 19.1. The fourth-order valence-electron chi connectivity index (χ4n) is 2.44. The number of nitrogens with one attached hydrogen (secondary N) is 1. The zero-order chi connectivity index (χ0) is 15.4. The van der Waals surface area contributed by atoms with E-state index >= 15 is 0 Å². The van der Waals surface area contributed by atoms with Gasteiger partial charge in [0.25, 0.3) is 0 Å². The first-order chi connectivity index (χ1) is 9.95. The van der Waals surface area contributed by atoms with Crippen LogP contribution in [0.4, 0.5) is 4.39 Å². The second kappa shape index (κ2) is 6.59. The fraction of sp³-hybridized carbons (Fsp3) is 0.294. The van der Waals surface area contributed by atoms with Gasteiger partial charge in [-0.25, -0.2) is 4.39 Å². The molecule has 4 heteroatoms. The summed E-state index contributed by atoms with van der Waals surface area (Å²) >= 11 is 0. The molecule has 0 aromatic heterocycles. The number of hydrogen-bond acceptors (Lipinski definition) is 3. The summed E-state index contributed by atoms with van der Waals surface area (Å²) in [6.07, 6.45) is 0.754. The first-order valence-corrected chi connectivity index (χ1v) is 6.98. The lowest BCUT2D eigenvalue weighted by Crippen LogP contribution is -2.30. The Morgan fingerprint density at radius 1 is 1.05 bits per heavy atom. The molecule has 2 atom stereocenters. The van der Waals surface area contributed by atoms with Crippen LogP contribution >= 0.6 is 0 Å². The van der Waals surface area contributed by atoms with Gasteiger partial charge in [0.1, 0.15) is 17.3 Å². The third-order valence-corrected chi connectivity index (χ3v) is 3.47. The Balaban J connectivity index is 2.00. The van der Waals surface area contributed by atoms with Crippen LogP contribution in [0.15, 0.2) is 42.5 Å². The molecule has 2 aromatic rings. The molecule has 0 aliphatic heterocycles. The highest BCUT2D eigenvalue weighted by Gasteiger charge is 2.14. The maximum absolute atomic E-state index is 12.9. The second-order valence-corrected chi connectivity index (χ2v) is 5.36. The molecular weight excluding hydrogens is 269 g/mol. The van der Waals surface area contributed by atoms with Crippen LogP contribution in [0.25, 0.3) is 0 Å². The lowest BCUT2D eigenvalue weighted by molar-refractivity contribution is 0.425. The Labute approximate surface area is 124 Å². The van der Waals surface area contributed by atoms with E-state index in [9.17, 15) is 14.6 Å². The Morgan fingerprint density at radius 3 is 2.38 bits per heavy atom. The number of phenols is 2. The Bertz CT molecular complexity index is 598. The maximum atomic E-state index is 12.9. The molecule has 0 fully saturated rings. The standard InChI is InChI=1S/C17H20FNO2/c1-11(9-13-3-5-14(18)6-4-13)19-12(2)16-10-15(20)7-8-17(16)21/h3-8,10-12,19-21H,9H2,1-2H3. The number of hydrogen-bond donors (Lipinski definition) is 3. The molecule has 112 valence electrons. The summed E-state index contributed by atoms with van der Waals surface area (Å²) in [7, 11) is 0. The van der Waals surface area contributed by atoms with E-state index in [0.29, 0.717) is 5.56 Å². The van der Waals surface area contributed by atoms with E-state index in [-0.39, 0.29) is 29.4 Å². The minimum atomic E-state index is -0.239. The third kappa shape index (κ3) is 4.20. The average Bonchev–Trinajstić information content (AvgIpc) is 2.44. The van der Waals surface area contributed by atoms with Crippen LogP contribution in [0.1, 0.15) is 31.0 Å².